The first-order valence-corrected chi connectivity index (χ1v) is 7.62. The van der Waals surface area contributed by atoms with Crippen LogP contribution in [-0.2, 0) is 0 Å². The number of nitrogens with one attached hydrogen (secondary N) is 1. The highest BCUT2D eigenvalue weighted by molar-refractivity contribution is 6.30. The summed E-state index contributed by atoms with van der Waals surface area (Å²) in [5, 5.41) is 7.98. The van der Waals surface area contributed by atoms with Crippen LogP contribution in [-0.4, -0.2) is 15.7 Å². The number of carbonyl (C=O) groups excluding carboxylic acids is 1. The molecule has 0 fully saturated rings. The predicted octanol–water partition coefficient (Wildman–Crippen LogP) is 4.39. The molecule has 0 unspecified atom stereocenters. The van der Waals surface area contributed by atoms with Crippen molar-refractivity contribution in [2.24, 2.45) is 0 Å². The molecule has 23 heavy (non-hydrogen) atoms. The van der Waals surface area contributed by atoms with Gasteiger partial charge >= 0.3 is 0 Å². The van der Waals surface area contributed by atoms with Crippen LogP contribution >= 0.6 is 11.6 Å². The van der Waals surface area contributed by atoms with Gasteiger partial charge in [-0.05, 0) is 43.7 Å². The molecular weight excluding hydrogens is 310 g/mol. The van der Waals surface area contributed by atoms with Gasteiger partial charge in [0.1, 0.15) is 5.82 Å². The summed E-state index contributed by atoms with van der Waals surface area (Å²) >= 11 is 6.05. The first kappa shape index (κ1) is 15.3. The van der Waals surface area contributed by atoms with E-state index in [-0.39, 0.29) is 5.91 Å². The van der Waals surface area contributed by atoms with Crippen LogP contribution in [0.3, 0.4) is 0 Å². The third kappa shape index (κ3) is 3.27. The van der Waals surface area contributed by atoms with Crippen molar-refractivity contribution in [2.45, 2.75) is 13.8 Å². The summed E-state index contributed by atoms with van der Waals surface area (Å²) in [5.41, 5.74) is 3.18. The minimum absolute atomic E-state index is 0.161. The predicted molar refractivity (Wildman–Crippen MR) is 92.4 cm³/mol. The maximum absolute atomic E-state index is 12.5. The smallest absolute Gasteiger partial charge is 0.257 e. The van der Waals surface area contributed by atoms with E-state index in [2.05, 4.69) is 10.4 Å². The van der Waals surface area contributed by atoms with Crippen molar-refractivity contribution in [3.05, 3.63) is 76.4 Å². The van der Waals surface area contributed by atoms with Crippen molar-refractivity contribution in [3.63, 3.8) is 0 Å². The second-order valence-electron chi connectivity index (χ2n) is 5.33. The average molecular weight is 326 g/mol. The van der Waals surface area contributed by atoms with Crippen molar-refractivity contribution in [1.82, 2.24) is 9.78 Å². The van der Waals surface area contributed by atoms with Crippen molar-refractivity contribution < 1.29 is 4.79 Å². The van der Waals surface area contributed by atoms with Crippen LogP contribution in [0.15, 0.2) is 54.6 Å². The van der Waals surface area contributed by atoms with Gasteiger partial charge in [0.05, 0.1) is 11.4 Å². The number of amides is 1. The lowest BCUT2D eigenvalue weighted by Gasteiger charge is -2.10. The minimum Gasteiger partial charge on any atom is -0.306 e. The highest BCUT2D eigenvalue weighted by Gasteiger charge is 2.13. The maximum atomic E-state index is 12.5. The first-order chi connectivity index (χ1) is 11.0. The van der Waals surface area contributed by atoms with E-state index in [4.69, 9.17) is 11.6 Å². The van der Waals surface area contributed by atoms with Crippen LogP contribution in [0.4, 0.5) is 5.82 Å². The summed E-state index contributed by atoms with van der Waals surface area (Å²) in [5.74, 6) is 0.448. The number of aryl methyl sites for hydroxylation is 2. The van der Waals surface area contributed by atoms with Crippen LogP contribution in [0.25, 0.3) is 5.69 Å². The van der Waals surface area contributed by atoms with Crippen LogP contribution in [0.2, 0.25) is 5.02 Å². The lowest BCUT2D eigenvalue weighted by Crippen LogP contribution is -2.16. The molecule has 0 aliphatic rings. The average Bonchev–Trinajstić information content (AvgIpc) is 2.88. The zero-order valence-electron chi connectivity index (χ0n) is 12.9. The van der Waals surface area contributed by atoms with Gasteiger partial charge in [-0.15, -0.1) is 0 Å². The monoisotopic (exact) mass is 325 g/mol. The SMILES string of the molecule is Cc1cc(NC(=O)c2ccccc2C)n(-c2cccc(Cl)c2)n1. The Kier molecular flexibility index (Phi) is 4.17. The second-order valence-corrected chi connectivity index (χ2v) is 5.77. The van der Waals surface area contributed by atoms with E-state index >= 15 is 0 Å². The zero-order chi connectivity index (χ0) is 16.4. The number of nitrogens with zero attached hydrogens (tertiary/aromatic N) is 2. The lowest BCUT2D eigenvalue weighted by molar-refractivity contribution is 0.102. The number of anilines is 1. The molecule has 116 valence electrons. The van der Waals surface area contributed by atoms with Crippen LogP contribution < -0.4 is 5.32 Å². The summed E-state index contributed by atoms with van der Waals surface area (Å²) in [4.78, 5) is 12.5. The molecule has 0 aliphatic carbocycles. The molecule has 0 saturated carbocycles. The van der Waals surface area contributed by atoms with Gasteiger partial charge in [0.25, 0.3) is 5.91 Å². The minimum atomic E-state index is -0.161. The molecule has 0 atom stereocenters. The highest BCUT2D eigenvalue weighted by Crippen LogP contribution is 2.21. The fraction of sp³-hybridized carbons (Fsp3) is 0.111. The lowest BCUT2D eigenvalue weighted by atomic mass is 10.1. The zero-order valence-corrected chi connectivity index (χ0v) is 13.6. The highest BCUT2D eigenvalue weighted by atomic mass is 35.5. The number of halogens is 1. The summed E-state index contributed by atoms with van der Waals surface area (Å²) in [6.07, 6.45) is 0. The Balaban J connectivity index is 1.95. The van der Waals surface area contributed by atoms with Crippen LogP contribution in [0.1, 0.15) is 21.6 Å². The number of hydrogen-bond acceptors (Lipinski definition) is 2. The number of aromatic nitrogens is 2. The van der Waals surface area contributed by atoms with Gasteiger partial charge in [0.15, 0.2) is 0 Å². The number of rotatable bonds is 3. The summed E-state index contributed by atoms with van der Waals surface area (Å²) in [7, 11) is 0. The Morgan fingerprint density at radius 2 is 1.87 bits per heavy atom. The fourth-order valence-corrected chi connectivity index (χ4v) is 2.59. The summed E-state index contributed by atoms with van der Waals surface area (Å²) in [6, 6.07) is 16.6. The van der Waals surface area contributed by atoms with Crippen molar-refractivity contribution >= 4 is 23.3 Å². The number of hydrogen-bond donors (Lipinski definition) is 1. The molecule has 1 N–H and O–H groups in total. The molecule has 5 heteroatoms. The van der Waals surface area contributed by atoms with Gasteiger partial charge < -0.3 is 5.32 Å². The van der Waals surface area contributed by atoms with E-state index in [0.29, 0.717) is 16.4 Å². The molecule has 4 nitrogen and oxygen atoms in total. The first-order valence-electron chi connectivity index (χ1n) is 7.24. The molecule has 2 aromatic carbocycles. The molecule has 0 bridgehead atoms. The van der Waals surface area contributed by atoms with Gasteiger partial charge in [0.2, 0.25) is 0 Å². The Morgan fingerprint density at radius 1 is 1.09 bits per heavy atom. The van der Waals surface area contributed by atoms with Crippen molar-refractivity contribution in [1.29, 1.82) is 0 Å². The van der Waals surface area contributed by atoms with Gasteiger partial charge in [0, 0.05) is 16.7 Å². The maximum Gasteiger partial charge on any atom is 0.257 e. The van der Waals surface area contributed by atoms with Gasteiger partial charge in [-0.1, -0.05) is 35.9 Å². The van der Waals surface area contributed by atoms with Crippen LogP contribution in [0.5, 0.6) is 0 Å². The molecule has 3 aromatic rings. The van der Waals surface area contributed by atoms with E-state index in [1.54, 1.807) is 22.9 Å². The molecule has 1 heterocycles. The molecule has 3 rings (SSSR count). The Morgan fingerprint density at radius 3 is 2.61 bits per heavy atom. The fourth-order valence-electron chi connectivity index (χ4n) is 2.40. The van der Waals surface area contributed by atoms with Gasteiger partial charge in [-0.25, -0.2) is 4.68 Å². The number of benzene rings is 2. The third-order valence-electron chi connectivity index (χ3n) is 3.52. The van der Waals surface area contributed by atoms with Crippen LogP contribution in [0, 0.1) is 13.8 Å². The van der Waals surface area contributed by atoms with E-state index in [0.717, 1.165) is 16.9 Å². The molecule has 0 aliphatic heterocycles. The Labute approximate surface area is 139 Å². The summed E-state index contributed by atoms with van der Waals surface area (Å²) < 4.78 is 1.68. The molecule has 1 aromatic heterocycles. The quantitative estimate of drug-likeness (QED) is 0.776. The van der Waals surface area contributed by atoms with Gasteiger partial charge in [-0.3, -0.25) is 4.79 Å². The normalized spacial score (nSPS) is 10.6. The second kappa shape index (κ2) is 6.26. The molecule has 1 amide bonds. The molecule has 0 radical (unpaired) electrons. The Hall–Kier alpha value is -2.59. The molecular formula is C18H16ClN3O. The number of carbonyl (C=O) groups is 1. The summed E-state index contributed by atoms with van der Waals surface area (Å²) in [6.45, 7) is 3.79. The largest absolute Gasteiger partial charge is 0.306 e. The van der Waals surface area contributed by atoms with E-state index < -0.39 is 0 Å². The van der Waals surface area contributed by atoms with E-state index in [9.17, 15) is 4.79 Å². The standard InChI is InChI=1S/C18H16ClN3O/c1-12-6-3-4-9-16(12)18(23)20-17-10-13(2)21-22(17)15-8-5-7-14(19)11-15/h3-11H,1-2H3,(H,20,23). The molecule has 0 saturated heterocycles. The van der Waals surface area contributed by atoms with Crippen molar-refractivity contribution in [2.75, 3.05) is 5.32 Å². The van der Waals surface area contributed by atoms with Gasteiger partial charge in [-0.2, -0.15) is 5.10 Å². The topological polar surface area (TPSA) is 46.9 Å². The van der Waals surface area contributed by atoms with E-state index in [1.807, 2.05) is 50.2 Å². The Bertz CT molecular complexity index is 870. The van der Waals surface area contributed by atoms with Crippen molar-refractivity contribution in [3.8, 4) is 5.69 Å². The van der Waals surface area contributed by atoms with E-state index in [1.165, 1.54) is 0 Å². The third-order valence-corrected chi connectivity index (χ3v) is 3.75. The molecule has 0 spiro atoms.